The van der Waals surface area contributed by atoms with Gasteiger partial charge in [-0.2, -0.15) is 0 Å². The fourth-order valence-corrected chi connectivity index (χ4v) is 4.41. The van der Waals surface area contributed by atoms with Gasteiger partial charge in [-0.05, 0) is 54.8 Å². The summed E-state index contributed by atoms with van der Waals surface area (Å²) in [5, 5.41) is 10.8. The molecule has 30 heavy (non-hydrogen) atoms. The zero-order valence-corrected chi connectivity index (χ0v) is 17.5. The standard InChI is InChI=1S/C23H22ClNO5/c1-29-19-10-13(11-20(30-2)23(19)28)16-12-21(27)25(15-8-6-14(24)7-9-15)17-4-3-5-18(26)22(16)17/h6-11,16,28H,3-5,12H2,1-2H3. The normalized spacial score (nSPS) is 19.0. The van der Waals surface area contributed by atoms with Crippen LogP contribution in [-0.2, 0) is 9.59 Å². The molecule has 1 aliphatic heterocycles. The number of aromatic hydroxyl groups is 1. The minimum Gasteiger partial charge on any atom is -0.502 e. The molecule has 0 bridgehead atoms. The van der Waals surface area contributed by atoms with Crippen LogP contribution in [0.15, 0.2) is 47.7 Å². The predicted octanol–water partition coefficient (Wildman–Crippen LogP) is 4.59. The molecule has 1 amide bonds. The highest BCUT2D eigenvalue weighted by Crippen LogP contribution is 2.47. The van der Waals surface area contributed by atoms with E-state index in [1.165, 1.54) is 14.2 Å². The number of methoxy groups -OCH3 is 2. The quantitative estimate of drug-likeness (QED) is 0.772. The smallest absolute Gasteiger partial charge is 0.232 e. The average Bonchev–Trinajstić information content (AvgIpc) is 2.74. The van der Waals surface area contributed by atoms with Crippen LogP contribution < -0.4 is 14.4 Å². The second kappa shape index (κ2) is 8.03. The number of amides is 1. The number of nitrogens with zero attached hydrogens (tertiary/aromatic N) is 1. The molecule has 1 atom stereocenters. The van der Waals surface area contributed by atoms with E-state index in [2.05, 4.69) is 0 Å². The Labute approximate surface area is 179 Å². The monoisotopic (exact) mass is 427 g/mol. The lowest BCUT2D eigenvalue weighted by molar-refractivity contribution is -0.119. The van der Waals surface area contributed by atoms with Crippen LogP contribution in [0.5, 0.6) is 17.2 Å². The van der Waals surface area contributed by atoms with Crippen molar-refractivity contribution in [2.45, 2.75) is 31.6 Å². The number of carbonyl (C=O) groups is 2. The largest absolute Gasteiger partial charge is 0.502 e. The Balaban J connectivity index is 1.87. The van der Waals surface area contributed by atoms with Crippen molar-refractivity contribution in [1.82, 2.24) is 0 Å². The van der Waals surface area contributed by atoms with E-state index >= 15 is 0 Å². The molecule has 0 radical (unpaired) electrons. The predicted molar refractivity (Wildman–Crippen MR) is 113 cm³/mol. The van der Waals surface area contributed by atoms with E-state index in [1.807, 2.05) is 0 Å². The van der Waals surface area contributed by atoms with Crippen LogP contribution in [0.4, 0.5) is 5.69 Å². The van der Waals surface area contributed by atoms with Gasteiger partial charge < -0.3 is 14.6 Å². The van der Waals surface area contributed by atoms with Crippen LogP contribution >= 0.6 is 11.6 Å². The molecule has 0 saturated heterocycles. The van der Waals surface area contributed by atoms with Gasteiger partial charge in [0.2, 0.25) is 11.7 Å². The second-order valence-corrected chi connectivity index (χ2v) is 7.81. The van der Waals surface area contributed by atoms with Crippen molar-refractivity contribution < 1.29 is 24.2 Å². The second-order valence-electron chi connectivity index (χ2n) is 7.37. The number of ketones is 1. The molecule has 0 saturated carbocycles. The Kier molecular flexibility index (Phi) is 5.43. The molecule has 2 aliphatic rings. The van der Waals surface area contributed by atoms with E-state index in [4.69, 9.17) is 21.1 Å². The summed E-state index contributed by atoms with van der Waals surface area (Å²) in [5.41, 5.74) is 2.78. The zero-order valence-electron chi connectivity index (χ0n) is 16.8. The van der Waals surface area contributed by atoms with Gasteiger partial charge in [-0.1, -0.05) is 11.6 Å². The summed E-state index contributed by atoms with van der Waals surface area (Å²) in [6.45, 7) is 0. The average molecular weight is 428 g/mol. The molecule has 1 aliphatic carbocycles. The molecule has 1 heterocycles. The SMILES string of the molecule is COc1cc(C2CC(=O)N(c3ccc(Cl)cc3)C3=C2C(=O)CCC3)cc(OC)c1O. The number of halogens is 1. The number of benzene rings is 2. The fourth-order valence-electron chi connectivity index (χ4n) is 4.28. The first-order chi connectivity index (χ1) is 14.4. The first-order valence-corrected chi connectivity index (χ1v) is 10.1. The Morgan fingerprint density at radius 3 is 2.27 bits per heavy atom. The van der Waals surface area contributed by atoms with Crippen LogP contribution in [0.25, 0.3) is 0 Å². The van der Waals surface area contributed by atoms with E-state index in [-0.39, 0.29) is 35.4 Å². The van der Waals surface area contributed by atoms with Gasteiger partial charge >= 0.3 is 0 Å². The molecular formula is C23H22ClNO5. The Hall–Kier alpha value is -2.99. The first-order valence-electron chi connectivity index (χ1n) is 9.74. The summed E-state index contributed by atoms with van der Waals surface area (Å²) < 4.78 is 10.5. The van der Waals surface area contributed by atoms with Gasteiger partial charge in [0.05, 0.1) is 14.2 Å². The minimum absolute atomic E-state index is 0.0405. The topological polar surface area (TPSA) is 76.1 Å². The number of allylic oxidation sites excluding steroid dienone is 2. The van der Waals surface area contributed by atoms with Gasteiger partial charge in [0.25, 0.3) is 0 Å². The van der Waals surface area contributed by atoms with Crippen LogP contribution in [0.3, 0.4) is 0 Å². The lowest BCUT2D eigenvalue weighted by atomic mass is 9.77. The zero-order chi connectivity index (χ0) is 21.4. The van der Waals surface area contributed by atoms with E-state index in [0.29, 0.717) is 41.1 Å². The molecule has 4 rings (SSSR count). The van der Waals surface area contributed by atoms with Crippen molar-refractivity contribution in [2.24, 2.45) is 0 Å². The Bertz CT molecular complexity index is 1020. The van der Waals surface area contributed by atoms with Crippen molar-refractivity contribution in [3.8, 4) is 17.2 Å². The molecule has 0 fully saturated rings. The van der Waals surface area contributed by atoms with E-state index in [0.717, 1.165) is 5.70 Å². The lowest BCUT2D eigenvalue weighted by Gasteiger charge is -2.38. The number of rotatable bonds is 4. The maximum Gasteiger partial charge on any atom is 0.232 e. The van der Waals surface area contributed by atoms with Crippen molar-refractivity contribution in [3.63, 3.8) is 0 Å². The van der Waals surface area contributed by atoms with Gasteiger partial charge in [-0.15, -0.1) is 0 Å². The number of phenols is 1. The summed E-state index contributed by atoms with van der Waals surface area (Å²) in [6.07, 6.45) is 1.91. The number of anilines is 1. The number of Topliss-reactive ketones (excluding diaryl/α,β-unsaturated/α-hetero) is 1. The summed E-state index contributed by atoms with van der Waals surface area (Å²) in [6, 6.07) is 10.4. The number of carbonyl (C=O) groups excluding carboxylic acids is 2. The highest BCUT2D eigenvalue weighted by molar-refractivity contribution is 6.30. The molecular weight excluding hydrogens is 406 g/mol. The van der Waals surface area contributed by atoms with Crippen molar-refractivity contribution in [2.75, 3.05) is 19.1 Å². The van der Waals surface area contributed by atoms with E-state index in [9.17, 15) is 14.7 Å². The number of phenolic OH excluding ortho intramolecular Hbond substituents is 1. The third-order valence-electron chi connectivity index (χ3n) is 5.66. The molecule has 2 aromatic carbocycles. The Morgan fingerprint density at radius 1 is 1.03 bits per heavy atom. The molecule has 6 nitrogen and oxygen atoms in total. The molecule has 0 spiro atoms. The van der Waals surface area contributed by atoms with E-state index < -0.39 is 5.92 Å². The fraction of sp³-hybridized carbons (Fsp3) is 0.304. The highest BCUT2D eigenvalue weighted by Gasteiger charge is 2.40. The van der Waals surface area contributed by atoms with Crippen molar-refractivity contribution in [3.05, 3.63) is 58.3 Å². The third-order valence-corrected chi connectivity index (χ3v) is 5.92. The van der Waals surface area contributed by atoms with Crippen molar-refractivity contribution >= 4 is 29.0 Å². The third kappa shape index (κ3) is 3.41. The number of hydrogen-bond acceptors (Lipinski definition) is 5. The summed E-state index contributed by atoms with van der Waals surface area (Å²) in [5.74, 6) is -0.115. The van der Waals surface area contributed by atoms with Crippen LogP contribution in [0, 0.1) is 0 Å². The van der Waals surface area contributed by atoms with Crippen LogP contribution in [-0.4, -0.2) is 31.0 Å². The number of ether oxygens (including phenoxy) is 2. The van der Waals surface area contributed by atoms with Crippen molar-refractivity contribution in [1.29, 1.82) is 0 Å². The van der Waals surface area contributed by atoms with E-state index in [1.54, 1.807) is 41.3 Å². The lowest BCUT2D eigenvalue weighted by Crippen LogP contribution is -2.40. The Morgan fingerprint density at radius 2 is 1.67 bits per heavy atom. The summed E-state index contributed by atoms with van der Waals surface area (Å²) in [7, 11) is 2.89. The molecule has 0 aromatic heterocycles. The van der Waals surface area contributed by atoms with Gasteiger partial charge in [0, 0.05) is 40.7 Å². The van der Waals surface area contributed by atoms with Gasteiger partial charge in [0.15, 0.2) is 17.3 Å². The van der Waals surface area contributed by atoms with Gasteiger partial charge in [-0.3, -0.25) is 14.5 Å². The maximum absolute atomic E-state index is 13.2. The van der Waals surface area contributed by atoms with Gasteiger partial charge in [0.1, 0.15) is 0 Å². The molecule has 7 heteroatoms. The molecule has 2 aromatic rings. The summed E-state index contributed by atoms with van der Waals surface area (Å²) >= 11 is 6.01. The molecule has 156 valence electrons. The minimum atomic E-state index is -0.424. The molecule has 1 unspecified atom stereocenters. The van der Waals surface area contributed by atoms with Crippen LogP contribution in [0.1, 0.15) is 37.2 Å². The maximum atomic E-state index is 13.2. The first kappa shape index (κ1) is 20.3. The number of hydrogen-bond donors (Lipinski definition) is 1. The summed E-state index contributed by atoms with van der Waals surface area (Å²) in [4.78, 5) is 27.9. The molecule has 1 N–H and O–H groups in total. The highest BCUT2D eigenvalue weighted by atomic mass is 35.5. The van der Waals surface area contributed by atoms with Gasteiger partial charge in [-0.25, -0.2) is 0 Å². The van der Waals surface area contributed by atoms with Crippen LogP contribution in [0.2, 0.25) is 5.02 Å².